The maximum absolute atomic E-state index is 14.3. The molecule has 5 nitrogen and oxygen atoms in total. The quantitative estimate of drug-likeness (QED) is 0.684. The van der Waals surface area contributed by atoms with E-state index in [-0.39, 0.29) is 16.6 Å². The van der Waals surface area contributed by atoms with Crippen LogP contribution in [0.25, 0.3) is 11.1 Å². The molecule has 0 fully saturated rings. The topological polar surface area (TPSA) is 85.1 Å². The lowest BCUT2D eigenvalue weighted by Gasteiger charge is -2.07. The predicted octanol–water partition coefficient (Wildman–Crippen LogP) is 3.86. The third kappa shape index (κ3) is 4.35. The molecule has 0 aliphatic rings. The zero-order chi connectivity index (χ0) is 18.0. The summed E-state index contributed by atoms with van der Waals surface area (Å²) in [5.41, 5.74) is 2.04. The Morgan fingerprint density at radius 2 is 1.84 bits per heavy atom. The fourth-order valence-corrected chi connectivity index (χ4v) is 3.73. The Hall–Kier alpha value is -2.00. The Bertz CT molecular complexity index is 1000. The number of nitrogens with two attached hydrogens (primary N) is 1. The van der Waals surface area contributed by atoms with Crippen LogP contribution in [0, 0.1) is 5.82 Å². The van der Waals surface area contributed by atoms with Crippen LogP contribution >= 0.6 is 22.9 Å². The van der Waals surface area contributed by atoms with Crippen LogP contribution in [0.3, 0.4) is 0 Å². The summed E-state index contributed by atoms with van der Waals surface area (Å²) in [6, 6.07) is 12.0. The van der Waals surface area contributed by atoms with Crippen molar-refractivity contribution >= 4 is 38.1 Å². The Morgan fingerprint density at radius 1 is 1.16 bits per heavy atom. The van der Waals surface area contributed by atoms with Crippen LogP contribution in [0.2, 0.25) is 5.02 Å². The molecule has 3 aromatic rings. The lowest BCUT2D eigenvalue weighted by molar-refractivity contribution is 0.599. The fraction of sp³-hybridized carbons (Fsp3) is 0.0625. The summed E-state index contributed by atoms with van der Waals surface area (Å²) in [6.45, 7) is 0.171. The number of nitrogens with one attached hydrogen (secondary N) is 1. The van der Waals surface area contributed by atoms with Gasteiger partial charge in [-0.25, -0.2) is 22.9 Å². The summed E-state index contributed by atoms with van der Waals surface area (Å²) >= 11 is 6.75. The molecule has 2 aromatic carbocycles. The maximum atomic E-state index is 14.3. The van der Waals surface area contributed by atoms with Crippen LogP contribution in [0.15, 0.2) is 52.9 Å². The number of hydrogen-bond donors (Lipinski definition) is 2. The normalized spacial score (nSPS) is 11.5. The van der Waals surface area contributed by atoms with Crippen LogP contribution in [0.5, 0.6) is 0 Å². The summed E-state index contributed by atoms with van der Waals surface area (Å²) in [4.78, 5) is 3.91. The highest BCUT2D eigenvalue weighted by Gasteiger charge is 2.13. The van der Waals surface area contributed by atoms with Crippen LogP contribution < -0.4 is 10.5 Å². The lowest BCUT2D eigenvalue weighted by atomic mass is 10.0. The molecule has 25 heavy (non-hydrogen) atoms. The number of anilines is 1. The monoisotopic (exact) mass is 397 g/mol. The molecule has 0 aliphatic carbocycles. The van der Waals surface area contributed by atoms with Crippen molar-refractivity contribution in [1.82, 2.24) is 4.98 Å². The Labute approximate surface area is 153 Å². The van der Waals surface area contributed by atoms with Crippen molar-refractivity contribution in [2.24, 2.45) is 5.14 Å². The second-order valence-corrected chi connectivity index (χ2v) is 8.45. The minimum absolute atomic E-state index is 0.0476. The van der Waals surface area contributed by atoms with Gasteiger partial charge in [-0.05, 0) is 29.3 Å². The highest BCUT2D eigenvalue weighted by molar-refractivity contribution is 7.91. The molecular formula is C16H13ClFN3O2S2. The number of sulfonamides is 1. The Balaban J connectivity index is 1.73. The minimum Gasteiger partial charge on any atom is -0.357 e. The Morgan fingerprint density at radius 3 is 2.44 bits per heavy atom. The highest BCUT2D eigenvalue weighted by Crippen LogP contribution is 2.25. The molecule has 0 saturated carbocycles. The Kier molecular flexibility index (Phi) is 5.05. The van der Waals surface area contributed by atoms with Gasteiger partial charge in [0.2, 0.25) is 10.0 Å². The van der Waals surface area contributed by atoms with E-state index in [1.165, 1.54) is 12.3 Å². The van der Waals surface area contributed by atoms with Crippen molar-refractivity contribution in [2.45, 2.75) is 10.8 Å². The van der Waals surface area contributed by atoms with Gasteiger partial charge in [0.05, 0.1) is 6.20 Å². The molecule has 0 aliphatic heterocycles. The molecule has 0 bridgehead atoms. The van der Waals surface area contributed by atoms with Gasteiger partial charge in [0.25, 0.3) is 0 Å². The third-order valence-corrected chi connectivity index (χ3v) is 6.04. The zero-order valence-corrected chi connectivity index (χ0v) is 15.1. The average Bonchev–Trinajstić information content (AvgIpc) is 3.04. The lowest BCUT2D eigenvalue weighted by Crippen LogP contribution is -2.09. The first-order chi connectivity index (χ1) is 11.8. The van der Waals surface area contributed by atoms with Crippen molar-refractivity contribution in [3.63, 3.8) is 0 Å². The van der Waals surface area contributed by atoms with Crippen LogP contribution in [0.1, 0.15) is 5.56 Å². The number of aromatic nitrogens is 1. The van der Waals surface area contributed by atoms with E-state index in [9.17, 15) is 12.8 Å². The SMILES string of the molecule is NS(=O)(=O)c1cnc(NCc2ccc(-c3ccc(Cl)cc3)cc2F)s1. The average molecular weight is 398 g/mol. The second-order valence-electron chi connectivity index (χ2n) is 5.20. The van der Waals surface area contributed by atoms with Gasteiger partial charge in [0.1, 0.15) is 5.82 Å². The molecule has 130 valence electrons. The highest BCUT2D eigenvalue weighted by atomic mass is 35.5. The summed E-state index contributed by atoms with van der Waals surface area (Å²) in [6.07, 6.45) is 1.17. The van der Waals surface area contributed by atoms with Crippen molar-refractivity contribution in [3.8, 4) is 11.1 Å². The van der Waals surface area contributed by atoms with Crippen molar-refractivity contribution in [2.75, 3.05) is 5.32 Å². The van der Waals surface area contributed by atoms with Gasteiger partial charge in [0, 0.05) is 17.1 Å². The van der Waals surface area contributed by atoms with Crippen molar-refractivity contribution in [1.29, 1.82) is 0 Å². The van der Waals surface area contributed by atoms with Crippen LogP contribution in [-0.2, 0) is 16.6 Å². The van der Waals surface area contributed by atoms with Crippen molar-refractivity contribution in [3.05, 3.63) is 65.1 Å². The van der Waals surface area contributed by atoms with Gasteiger partial charge < -0.3 is 5.32 Å². The molecule has 3 rings (SSSR count). The summed E-state index contributed by atoms with van der Waals surface area (Å²) in [5, 5.41) is 8.89. The number of nitrogens with zero attached hydrogens (tertiary/aromatic N) is 1. The van der Waals surface area contributed by atoms with E-state index in [2.05, 4.69) is 10.3 Å². The number of hydrogen-bond acceptors (Lipinski definition) is 5. The molecule has 3 N–H and O–H groups in total. The molecule has 0 unspecified atom stereocenters. The molecule has 9 heteroatoms. The van der Waals surface area contributed by atoms with E-state index in [1.54, 1.807) is 24.3 Å². The smallest absolute Gasteiger partial charge is 0.249 e. The fourth-order valence-electron chi connectivity index (χ4n) is 2.16. The number of primary sulfonamides is 1. The molecule has 0 atom stereocenters. The largest absolute Gasteiger partial charge is 0.357 e. The molecule has 1 heterocycles. The molecule has 1 aromatic heterocycles. The molecule has 0 spiro atoms. The second kappa shape index (κ2) is 7.09. The van der Waals surface area contributed by atoms with Crippen molar-refractivity contribution < 1.29 is 12.8 Å². The molecular weight excluding hydrogens is 385 g/mol. The number of rotatable bonds is 5. The van der Waals surface area contributed by atoms with E-state index in [1.807, 2.05) is 12.1 Å². The number of halogens is 2. The molecule has 0 amide bonds. The molecule has 0 saturated heterocycles. The number of benzene rings is 2. The summed E-state index contributed by atoms with van der Waals surface area (Å²) in [5.74, 6) is -0.372. The predicted molar refractivity (Wildman–Crippen MR) is 97.7 cm³/mol. The standard InChI is InChI=1S/C16H13ClFN3O2S2/c17-13-5-3-10(4-6-13)11-1-2-12(14(18)7-11)8-20-16-21-9-15(24-16)25(19,22)23/h1-7,9H,8H2,(H,20,21)(H2,19,22,23). The van der Waals surface area contributed by atoms with E-state index >= 15 is 0 Å². The molecule has 0 radical (unpaired) electrons. The van der Waals surface area contributed by atoms with E-state index < -0.39 is 10.0 Å². The first-order valence-electron chi connectivity index (χ1n) is 7.10. The zero-order valence-electron chi connectivity index (χ0n) is 12.7. The van der Waals surface area contributed by atoms with Gasteiger partial charge in [-0.1, -0.05) is 47.2 Å². The van der Waals surface area contributed by atoms with Gasteiger partial charge >= 0.3 is 0 Å². The maximum Gasteiger partial charge on any atom is 0.249 e. The number of thiazole rings is 1. The van der Waals surface area contributed by atoms with Crippen LogP contribution in [0.4, 0.5) is 9.52 Å². The van der Waals surface area contributed by atoms with E-state index in [0.717, 1.165) is 22.5 Å². The first kappa shape index (κ1) is 17.8. The summed E-state index contributed by atoms with van der Waals surface area (Å²) in [7, 11) is -3.78. The van der Waals surface area contributed by atoms with Gasteiger partial charge in [0.15, 0.2) is 9.34 Å². The van der Waals surface area contributed by atoms with Gasteiger partial charge in [-0.2, -0.15) is 0 Å². The van der Waals surface area contributed by atoms with Crippen LogP contribution in [-0.4, -0.2) is 13.4 Å². The van der Waals surface area contributed by atoms with Gasteiger partial charge in [-0.3, -0.25) is 0 Å². The third-order valence-electron chi connectivity index (χ3n) is 3.43. The minimum atomic E-state index is -3.78. The first-order valence-corrected chi connectivity index (χ1v) is 9.84. The van der Waals surface area contributed by atoms with Gasteiger partial charge in [-0.15, -0.1) is 0 Å². The van der Waals surface area contributed by atoms with E-state index in [4.69, 9.17) is 16.7 Å². The summed E-state index contributed by atoms with van der Waals surface area (Å²) < 4.78 is 36.7. The van der Waals surface area contributed by atoms with E-state index in [0.29, 0.717) is 15.7 Å².